The van der Waals surface area contributed by atoms with Crippen LogP contribution in [0.3, 0.4) is 0 Å². The van der Waals surface area contributed by atoms with E-state index in [4.69, 9.17) is 4.74 Å². The van der Waals surface area contributed by atoms with E-state index in [9.17, 15) is 9.59 Å². The molecule has 0 aliphatic rings. The molecular weight excluding hydrogens is 316 g/mol. The van der Waals surface area contributed by atoms with E-state index in [0.29, 0.717) is 30.3 Å². The van der Waals surface area contributed by atoms with Crippen LogP contribution in [-0.4, -0.2) is 34.9 Å². The molecule has 0 bridgehead atoms. The third kappa shape index (κ3) is 6.94. The van der Waals surface area contributed by atoms with Crippen LogP contribution in [0.25, 0.3) is 0 Å². The Balaban J connectivity index is 2.48. The van der Waals surface area contributed by atoms with Gasteiger partial charge in [-0.05, 0) is 20.3 Å². The molecule has 23 heavy (non-hydrogen) atoms. The maximum Gasteiger partial charge on any atom is 0.342 e. The molecule has 0 aliphatic heterocycles. The Hall–Kier alpha value is -1.70. The molecule has 1 heterocycles. The second-order valence-corrected chi connectivity index (χ2v) is 5.74. The van der Waals surface area contributed by atoms with Crippen LogP contribution in [0.2, 0.25) is 0 Å². The van der Waals surface area contributed by atoms with Gasteiger partial charge in [0.2, 0.25) is 0 Å². The van der Waals surface area contributed by atoms with Crippen LogP contribution < -0.4 is 10.0 Å². The van der Waals surface area contributed by atoms with Crippen molar-refractivity contribution in [3.8, 4) is 0 Å². The summed E-state index contributed by atoms with van der Waals surface area (Å²) in [4.78, 5) is 23.6. The second kappa shape index (κ2) is 10.9. The van der Waals surface area contributed by atoms with Gasteiger partial charge < -0.3 is 10.1 Å². The first-order valence-corrected chi connectivity index (χ1v) is 8.89. The van der Waals surface area contributed by atoms with Crippen LogP contribution in [-0.2, 0) is 11.3 Å². The van der Waals surface area contributed by atoms with Crippen molar-refractivity contribution in [2.45, 2.75) is 58.0 Å². The van der Waals surface area contributed by atoms with Gasteiger partial charge in [0.15, 0.2) is 5.03 Å². The normalized spacial score (nSPS) is 10.4. The topological polar surface area (TPSA) is 85.3 Å². The van der Waals surface area contributed by atoms with E-state index in [1.165, 1.54) is 12.8 Å². The third-order valence-electron chi connectivity index (χ3n) is 3.10. The summed E-state index contributed by atoms with van der Waals surface area (Å²) in [6.45, 7) is 7.39. The molecule has 1 aromatic rings. The van der Waals surface area contributed by atoms with Gasteiger partial charge in [-0.25, -0.2) is 9.59 Å². The molecule has 0 radical (unpaired) electrons. The van der Waals surface area contributed by atoms with Gasteiger partial charge in [0.25, 0.3) is 0 Å². The lowest BCUT2D eigenvalue weighted by Crippen LogP contribution is -2.32. The highest BCUT2D eigenvalue weighted by Gasteiger charge is 2.18. The molecule has 1 rings (SSSR count). The summed E-state index contributed by atoms with van der Waals surface area (Å²) < 4.78 is 9.29. The molecule has 2 N–H and O–H groups in total. The van der Waals surface area contributed by atoms with Crippen LogP contribution in [0.4, 0.5) is 4.79 Å². The Morgan fingerprint density at radius 2 is 2.04 bits per heavy atom. The second-order valence-electron chi connectivity index (χ2n) is 4.94. The summed E-state index contributed by atoms with van der Waals surface area (Å²) in [5, 5.41) is 7.48. The summed E-state index contributed by atoms with van der Waals surface area (Å²) in [6, 6.07) is -0.285. The molecule has 1 aromatic heterocycles. The number of carbonyl (C=O) groups is 2. The Labute approximate surface area is 141 Å². The summed E-state index contributed by atoms with van der Waals surface area (Å²) in [5.74, 6) is -0.434. The number of hydrogen-bond acceptors (Lipinski definition) is 5. The van der Waals surface area contributed by atoms with Gasteiger partial charge in [-0.1, -0.05) is 26.2 Å². The molecule has 130 valence electrons. The number of aromatic nitrogens is 2. The molecular formula is C15H26N4O3S. The van der Waals surface area contributed by atoms with E-state index < -0.39 is 5.97 Å². The summed E-state index contributed by atoms with van der Waals surface area (Å²) in [6.07, 6.45) is 6.04. The van der Waals surface area contributed by atoms with E-state index in [1.807, 2.05) is 6.92 Å². The van der Waals surface area contributed by atoms with Crippen molar-refractivity contribution in [2.24, 2.45) is 0 Å². The van der Waals surface area contributed by atoms with Gasteiger partial charge in [0.1, 0.15) is 5.56 Å². The first-order valence-electron chi connectivity index (χ1n) is 8.07. The fourth-order valence-electron chi connectivity index (χ4n) is 1.87. The number of rotatable bonds is 10. The van der Waals surface area contributed by atoms with E-state index in [1.54, 1.807) is 17.8 Å². The molecule has 7 nitrogen and oxygen atoms in total. The number of amides is 2. The predicted octanol–water partition coefficient (Wildman–Crippen LogP) is 2.97. The van der Waals surface area contributed by atoms with Crippen molar-refractivity contribution in [1.29, 1.82) is 0 Å². The number of unbranched alkanes of at least 4 members (excludes halogenated alkanes) is 3. The maximum absolute atomic E-state index is 11.9. The highest BCUT2D eigenvalue weighted by molar-refractivity contribution is 7.98. The monoisotopic (exact) mass is 342 g/mol. The van der Waals surface area contributed by atoms with Crippen molar-refractivity contribution in [1.82, 2.24) is 19.8 Å². The van der Waals surface area contributed by atoms with E-state index in [0.717, 1.165) is 24.8 Å². The number of nitrogens with zero attached hydrogens (tertiary/aromatic N) is 2. The first-order chi connectivity index (χ1) is 11.1. The van der Waals surface area contributed by atoms with E-state index >= 15 is 0 Å². The predicted molar refractivity (Wildman–Crippen MR) is 90.4 cm³/mol. The number of urea groups is 1. The zero-order valence-corrected chi connectivity index (χ0v) is 14.9. The van der Waals surface area contributed by atoms with Gasteiger partial charge in [-0.3, -0.25) is 9.40 Å². The molecule has 0 unspecified atom stereocenters. The Kier molecular flexibility index (Phi) is 9.20. The summed E-state index contributed by atoms with van der Waals surface area (Å²) >= 11 is 1.02. The smallest absolute Gasteiger partial charge is 0.342 e. The molecule has 0 aliphatic carbocycles. The Morgan fingerprint density at radius 3 is 2.70 bits per heavy atom. The standard InChI is InChI=1S/C15H26N4O3S/c1-4-7-8-9-10-16-15(21)18-23-13-12(14(20)22-6-3)11-19(5-2)17-13/h11H,4-10H2,1-3H3,(H2,16,18,21). The number of hydrogen-bond donors (Lipinski definition) is 2. The van der Waals surface area contributed by atoms with Crippen molar-refractivity contribution < 1.29 is 14.3 Å². The van der Waals surface area contributed by atoms with Gasteiger partial charge in [-0.15, -0.1) is 0 Å². The van der Waals surface area contributed by atoms with Crippen LogP contribution in [0, 0.1) is 0 Å². The molecule has 8 heteroatoms. The van der Waals surface area contributed by atoms with E-state index in [-0.39, 0.29) is 6.03 Å². The zero-order valence-electron chi connectivity index (χ0n) is 14.1. The minimum atomic E-state index is -0.434. The maximum atomic E-state index is 11.9. The highest BCUT2D eigenvalue weighted by Crippen LogP contribution is 2.19. The third-order valence-corrected chi connectivity index (χ3v) is 3.89. The number of nitrogens with one attached hydrogen (secondary N) is 2. The lowest BCUT2D eigenvalue weighted by atomic mass is 10.2. The van der Waals surface area contributed by atoms with Crippen LogP contribution in [0.1, 0.15) is 56.8 Å². The summed E-state index contributed by atoms with van der Waals surface area (Å²) in [5.41, 5.74) is 0.363. The molecule has 0 atom stereocenters. The highest BCUT2D eigenvalue weighted by atomic mass is 32.2. The average molecular weight is 342 g/mol. The molecule has 0 saturated carbocycles. The lowest BCUT2D eigenvalue weighted by molar-refractivity contribution is 0.0522. The fourth-order valence-corrected chi connectivity index (χ4v) is 2.53. The molecule has 0 fully saturated rings. The van der Waals surface area contributed by atoms with Crippen molar-refractivity contribution in [2.75, 3.05) is 13.2 Å². The van der Waals surface area contributed by atoms with Crippen LogP contribution in [0.5, 0.6) is 0 Å². The first kappa shape index (κ1) is 19.3. The number of ether oxygens (including phenoxy) is 1. The largest absolute Gasteiger partial charge is 0.462 e. The Morgan fingerprint density at radius 1 is 1.26 bits per heavy atom. The number of carbonyl (C=O) groups excluding carboxylic acids is 2. The van der Waals surface area contributed by atoms with Gasteiger partial charge in [0, 0.05) is 31.2 Å². The quantitative estimate of drug-likeness (QED) is 0.388. The van der Waals surface area contributed by atoms with Crippen molar-refractivity contribution in [3.05, 3.63) is 11.8 Å². The lowest BCUT2D eigenvalue weighted by Gasteiger charge is -2.06. The fraction of sp³-hybridized carbons (Fsp3) is 0.667. The van der Waals surface area contributed by atoms with Gasteiger partial charge >= 0.3 is 12.0 Å². The van der Waals surface area contributed by atoms with E-state index in [2.05, 4.69) is 22.1 Å². The number of esters is 1. The van der Waals surface area contributed by atoms with Crippen molar-refractivity contribution >= 4 is 23.9 Å². The van der Waals surface area contributed by atoms with Crippen LogP contribution >= 0.6 is 11.9 Å². The molecule has 0 saturated heterocycles. The minimum Gasteiger partial charge on any atom is -0.462 e. The van der Waals surface area contributed by atoms with Gasteiger partial charge in [0.05, 0.1) is 6.61 Å². The van der Waals surface area contributed by atoms with Gasteiger partial charge in [-0.2, -0.15) is 5.10 Å². The SMILES string of the molecule is CCCCCCNC(=O)NSc1nn(CC)cc1C(=O)OCC. The number of aryl methyl sites for hydroxylation is 1. The molecule has 0 spiro atoms. The summed E-state index contributed by atoms with van der Waals surface area (Å²) in [7, 11) is 0. The minimum absolute atomic E-state index is 0.285. The zero-order chi connectivity index (χ0) is 17.1. The molecule has 0 aromatic carbocycles. The Bertz CT molecular complexity index is 505. The van der Waals surface area contributed by atoms with Crippen LogP contribution in [0.15, 0.2) is 11.2 Å². The van der Waals surface area contributed by atoms with Crippen molar-refractivity contribution in [3.63, 3.8) is 0 Å². The average Bonchev–Trinajstić information content (AvgIpc) is 2.96. The molecule has 2 amide bonds.